The van der Waals surface area contributed by atoms with E-state index in [1.54, 1.807) is 6.92 Å². The van der Waals surface area contributed by atoms with Crippen LogP contribution in [-0.2, 0) is 4.74 Å². The molecule has 0 saturated heterocycles. The number of anilines is 1. The molecule has 0 unspecified atom stereocenters. The highest BCUT2D eigenvalue weighted by Crippen LogP contribution is 2.36. The Bertz CT molecular complexity index is 754. The first-order valence-corrected chi connectivity index (χ1v) is 9.31. The zero-order chi connectivity index (χ0) is 17.1. The van der Waals surface area contributed by atoms with E-state index in [-0.39, 0.29) is 5.97 Å². The summed E-state index contributed by atoms with van der Waals surface area (Å²) in [5.74, 6) is -0.348. The fourth-order valence-corrected chi connectivity index (χ4v) is 3.58. The van der Waals surface area contributed by atoms with Crippen LogP contribution in [0.15, 0.2) is 30.3 Å². The predicted octanol–water partition coefficient (Wildman–Crippen LogP) is 4.69. The lowest BCUT2D eigenvalue weighted by Crippen LogP contribution is -2.30. The molecule has 7 heteroatoms. The summed E-state index contributed by atoms with van der Waals surface area (Å²) in [6.07, 6.45) is 2.26. The molecule has 3 rings (SSSR count). The Morgan fingerprint density at radius 1 is 1.38 bits per heavy atom. The summed E-state index contributed by atoms with van der Waals surface area (Å²) < 4.78 is 5.16. The third-order valence-corrected chi connectivity index (χ3v) is 5.12. The standard InChI is InChI=1S/C17H17ClN2O2S2/c1-2-22-16(21)15-13(20-17(23)19-12-7-8-12)9-14(24-15)10-3-5-11(18)6-4-10/h3-6,9,12H,2,7-8H2,1H3,(H2,19,20,23). The van der Waals surface area contributed by atoms with Crippen molar-refractivity contribution in [1.82, 2.24) is 5.32 Å². The molecule has 2 aromatic rings. The number of thiocarbonyl (C=S) groups is 1. The first-order chi connectivity index (χ1) is 11.6. The van der Waals surface area contributed by atoms with Gasteiger partial charge in [0.2, 0.25) is 0 Å². The quantitative estimate of drug-likeness (QED) is 0.582. The Labute approximate surface area is 155 Å². The van der Waals surface area contributed by atoms with Crippen LogP contribution in [-0.4, -0.2) is 23.7 Å². The number of nitrogens with one attached hydrogen (secondary N) is 2. The molecule has 24 heavy (non-hydrogen) atoms. The van der Waals surface area contributed by atoms with E-state index in [9.17, 15) is 4.79 Å². The summed E-state index contributed by atoms with van der Waals surface area (Å²) in [6, 6.07) is 9.87. The molecule has 126 valence electrons. The molecule has 2 N–H and O–H groups in total. The number of carbonyl (C=O) groups excluding carboxylic acids is 1. The molecule has 4 nitrogen and oxygen atoms in total. The number of benzene rings is 1. The van der Waals surface area contributed by atoms with Crippen molar-refractivity contribution in [2.45, 2.75) is 25.8 Å². The summed E-state index contributed by atoms with van der Waals surface area (Å²) in [7, 11) is 0. The van der Waals surface area contributed by atoms with Gasteiger partial charge < -0.3 is 15.4 Å². The average Bonchev–Trinajstić information content (AvgIpc) is 3.25. The van der Waals surface area contributed by atoms with Crippen LogP contribution in [0.3, 0.4) is 0 Å². The molecule has 0 atom stereocenters. The van der Waals surface area contributed by atoms with Gasteiger partial charge in [0.1, 0.15) is 4.88 Å². The highest BCUT2D eigenvalue weighted by Gasteiger charge is 2.23. The van der Waals surface area contributed by atoms with Crippen LogP contribution in [0.2, 0.25) is 5.02 Å². The zero-order valence-electron chi connectivity index (χ0n) is 13.1. The second-order valence-electron chi connectivity index (χ2n) is 5.45. The zero-order valence-corrected chi connectivity index (χ0v) is 15.5. The van der Waals surface area contributed by atoms with Crippen molar-refractivity contribution in [3.63, 3.8) is 0 Å². The molecule has 1 aliphatic carbocycles. The average molecular weight is 381 g/mol. The minimum Gasteiger partial charge on any atom is -0.462 e. The SMILES string of the molecule is CCOC(=O)c1sc(-c2ccc(Cl)cc2)cc1NC(=S)NC1CC1. The third-order valence-electron chi connectivity index (χ3n) is 3.48. The van der Waals surface area contributed by atoms with Crippen molar-refractivity contribution >= 4 is 51.9 Å². The van der Waals surface area contributed by atoms with Crippen LogP contribution in [0.5, 0.6) is 0 Å². The lowest BCUT2D eigenvalue weighted by atomic mass is 10.2. The fourth-order valence-electron chi connectivity index (χ4n) is 2.16. The molecule has 1 aromatic heterocycles. The minimum absolute atomic E-state index is 0.331. The van der Waals surface area contributed by atoms with Gasteiger partial charge in [-0.25, -0.2) is 4.79 Å². The Balaban J connectivity index is 1.87. The topological polar surface area (TPSA) is 50.4 Å². The summed E-state index contributed by atoms with van der Waals surface area (Å²) >= 11 is 12.6. The van der Waals surface area contributed by atoms with E-state index in [0.29, 0.717) is 33.3 Å². The van der Waals surface area contributed by atoms with Crippen LogP contribution in [0.4, 0.5) is 5.69 Å². The monoisotopic (exact) mass is 380 g/mol. The van der Waals surface area contributed by atoms with Gasteiger partial charge in [-0.15, -0.1) is 11.3 Å². The number of hydrogen-bond donors (Lipinski definition) is 2. The number of thiophene rings is 1. The van der Waals surface area contributed by atoms with Gasteiger partial charge in [0.25, 0.3) is 0 Å². The van der Waals surface area contributed by atoms with Crippen LogP contribution < -0.4 is 10.6 Å². The number of hydrogen-bond acceptors (Lipinski definition) is 4. The molecular formula is C17H17ClN2O2S2. The number of carbonyl (C=O) groups is 1. The van der Waals surface area contributed by atoms with Gasteiger partial charge in [-0.3, -0.25) is 0 Å². The number of esters is 1. The van der Waals surface area contributed by atoms with E-state index < -0.39 is 0 Å². The Morgan fingerprint density at radius 2 is 2.08 bits per heavy atom. The van der Waals surface area contributed by atoms with Crippen molar-refractivity contribution in [3.8, 4) is 10.4 Å². The number of rotatable bonds is 5. The van der Waals surface area contributed by atoms with Crippen LogP contribution in [0.1, 0.15) is 29.4 Å². The van der Waals surface area contributed by atoms with Crippen molar-refractivity contribution in [2.24, 2.45) is 0 Å². The van der Waals surface area contributed by atoms with Crippen LogP contribution in [0, 0.1) is 0 Å². The van der Waals surface area contributed by atoms with Crippen molar-refractivity contribution in [3.05, 3.63) is 40.2 Å². The molecule has 0 bridgehead atoms. The third kappa shape index (κ3) is 4.26. The van der Waals surface area contributed by atoms with E-state index in [2.05, 4.69) is 10.6 Å². The van der Waals surface area contributed by atoms with Gasteiger partial charge in [0, 0.05) is 15.9 Å². The molecule has 1 saturated carbocycles. The Morgan fingerprint density at radius 3 is 2.71 bits per heavy atom. The van der Waals surface area contributed by atoms with Gasteiger partial charge >= 0.3 is 5.97 Å². The Hall–Kier alpha value is -1.63. The molecule has 1 aliphatic rings. The maximum atomic E-state index is 12.2. The van der Waals surface area contributed by atoms with E-state index in [1.165, 1.54) is 11.3 Å². The van der Waals surface area contributed by atoms with Gasteiger partial charge in [-0.1, -0.05) is 23.7 Å². The molecule has 1 heterocycles. The molecular weight excluding hydrogens is 364 g/mol. The normalized spacial score (nSPS) is 13.4. The van der Waals surface area contributed by atoms with Crippen LogP contribution >= 0.6 is 35.2 Å². The molecule has 0 amide bonds. The van der Waals surface area contributed by atoms with E-state index in [0.717, 1.165) is 23.3 Å². The molecule has 1 aromatic carbocycles. The molecule has 0 spiro atoms. The molecule has 1 fully saturated rings. The first-order valence-electron chi connectivity index (χ1n) is 7.71. The predicted molar refractivity (Wildman–Crippen MR) is 103 cm³/mol. The number of ether oxygens (including phenoxy) is 1. The van der Waals surface area contributed by atoms with E-state index in [4.69, 9.17) is 28.6 Å². The van der Waals surface area contributed by atoms with Crippen molar-refractivity contribution in [1.29, 1.82) is 0 Å². The summed E-state index contributed by atoms with van der Waals surface area (Å²) in [5, 5.41) is 7.55. The van der Waals surface area contributed by atoms with Crippen molar-refractivity contribution in [2.75, 3.05) is 11.9 Å². The van der Waals surface area contributed by atoms with Gasteiger partial charge in [-0.05, 0) is 55.7 Å². The summed E-state index contributed by atoms with van der Waals surface area (Å²) in [4.78, 5) is 13.7. The highest BCUT2D eigenvalue weighted by molar-refractivity contribution is 7.80. The molecule has 0 aliphatic heterocycles. The highest BCUT2D eigenvalue weighted by atomic mass is 35.5. The second-order valence-corrected chi connectivity index (χ2v) is 7.35. The van der Waals surface area contributed by atoms with Crippen LogP contribution in [0.25, 0.3) is 10.4 Å². The Kier molecular flexibility index (Phi) is 5.38. The maximum Gasteiger partial charge on any atom is 0.350 e. The smallest absolute Gasteiger partial charge is 0.350 e. The lowest BCUT2D eigenvalue weighted by molar-refractivity contribution is 0.0533. The summed E-state index contributed by atoms with van der Waals surface area (Å²) in [6.45, 7) is 2.12. The maximum absolute atomic E-state index is 12.2. The first kappa shape index (κ1) is 17.2. The lowest BCUT2D eigenvalue weighted by Gasteiger charge is -2.09. The second kappa shape index (κ2) is 7.51. The largest absolute Gasteiger partial charge is 0.462 e. The van der Waals surface area contributed by atoms with Crippen molar-refractivity contribution < 1.29 is 9.53 Å². The number of halogens is 1. The van der Waals surface area contributed by atoms with Gasteiger partial charge in [0.15, 0.2) is 5.11 Å². The summed E-state index contributed by atoms with van der Waals surface area (Å²) in [5.41, 5.74) is 1.66. The fraction of sp³-hybridized carbons (Fsp3) is 0.294. The van der Waals surface area contributed by atoms with Gasteiger partial charge in [-0.2, -0.15) is 0 Å². The van der Waals surface area contributed by atoms with E-state index in [1.807, 2.05) is 30.3 Å². The molecule has 0 radical (unpaired) electrons. The minimum atomic E-state index is -0.348. The van der Waals surface area contributed by atoms with E-state index >= 15 is 0 Å². The van der Waals surface area contributed by atoms with Gasteiger partial charge in [0.05, 0.1) is 12.3 Å².